The molecule has 1 aromatic heterocycles. The van der Waals surface area contributed by atoms with Crippen molar-refractivity contribution in [1.82, 2.24) is 10.3 Å². The highest BCUT2D eigenvalue weighted by atomic mass is 14.9. The maximum atomic E-state index is 4.25. The summed E-state index contributed by atoms with van der Waals surface area (Å²) in [5, 5.41) is 3.62. The summed E-state index contributed by atoms with van der Waals surface area (Å²) < 4.78 is 0. The molecule has 1 heterocycles. The molecule has 0 bridgehead atoms. The number of nitrogens with zero attached hydrogens (tertiary/aromatic N) is 1. The third-order valence-electron chi connectivity index (χ3n) is 3.35. The lowest BCUT2D eigenvalue weighted by Gasteiger charge is -2.21. The Hall–Kier alpha value is -1.67. The van der Waals surface area contributed by atoms with Gasteiger partial charge in [-0.05, 0) is 49.6 Å². The molecule has 2 aromatic rings. The fourth-order valence-corrected chi connectivity index (χ4v) is 2.39. The Morgan fingerprint density at radius 2 is 2.05 bits per heavy atom. The fourth-order valence-electron chi connectivity index (χ4n) is 2.39. The summed E-state index contributed by atoms with van der Waals surface area (Å²) >= 11 is 0. The zero-order chi connectivity index (χ0) is 13.7. The molecule has 100 valence electrons. The number of aromatic nitrogens is 1. The molecular formula is C17H22N2. The van der Waals surface area contributed by atoms with Crippen LogP contribution in [0.1, 0.15) is 41.6 Å². The Kier molecular flexibility index (Phi) is 4.69. The maximum absolute atomic E-state index is 4.25. The predicted octanol–water partition coefficient (Wildman–Crippen LogP) is 3.79. The molecule has 0 saturated heterocycles. The minimum absolute atomic E-state index is 0.231. The van der Waals surface area contributed by atoms with E-state index in [0.29, 0.717) is 0 Å². The van der Waals surface area contributed by atoms with Crippen molar-refractivity contribution in [2.75, 3.05) is 6.54 Å². The Bertz CT molecular complexity index is 520. The fraction of sp³-hybridized carbons (Fsp3) is 0.353. The highest BCUT2D eigenvalue weighted by Gasteiger charge is 2.15. The Morgan fingerprint density at radius 3 is 2.68 bits per heavy atom. The van der Waals surface area contributed by atoms with Crippen LogP contribution in [0.5, 0.6) is 0 Å². The van der Waals surface area contributed by atoms with Gasteiger partial charge in [-0.25, -0.2) is 0 Å². The van der Waals surface area contributed by atoms with Crippen LogP contribution in [-0.4, -0.2) is 11.5 Å². The molecule has 0 radical (unpaired) electrons. The first-order valence-corrected chi connectivity index (χ1v) is 6.93. The van der Waals surface area contributed by atoms with Gasteiger partial charge in [0.05, 0.1) is 6.04 Å². The highest BCUT2D eigenvalue weighted by Crippen LogP contribution is 2.25. The largest absolute Gasteiger partial charge is 0.306 e. The molecule has 0 spiro atoms. The minimum Gasteiger partial charge on any atom is -0.306 e. The van der Waals surface area contributed by atoms with Crippen molar-refractivity contribution >= 4 is 0 Å². The van der Waals surface area contributed by atoms with Crippen molar-refractivity contribution in [3.8, 4) is 0 Å². The molecule has 2 rings (SSSR count). The topological polar surface area (TPSA) is 24.9 Å². The Labute approximate surface area is 115 Å². The molecule has 0 aliphatic heterocycles. The van der Waals surface area contributed by atoms with Gasteiger partial charge >= 0.3 is 0 Å². The van der Waals surface area contributed by atoms with E-state index in [0.717, 1.165) is 13.0 Å². The van der Waals surface area contributed by atoms with Crippen molar-refractivity contribution in [1.29, 1.82) is 0 Å². The zero-order valence-electron chi connectivity index (χ0n) is 12.0. The van der Waals surface area contributed by atoms with Crippen LogP contribution in [0.25, 0.3) is 0 Å². The average Bonchev–Trinajstić information content (AvgIpc) is 2.42. The molecule has 0 saturated carbocycles. The van der Waals surface area contributed by atoms with Crippen molar-refractivity contribution in [3.63, 3.8) is 0 Å². The van der Waals surface area contributed by atoms with Crippen LogP contribution in [0.4, 0.5) is 0 Å². The molecule has 0 aliphatic rings. The van der Waals surface area contributed by atoms with Gasteiger partial charge in [-0.2, -0.15) is 0 Å². The standard InChI is InChI=1S/C17H22N2/c1-4-9-19-17(15-6-5-10-18-12-15)16-8-7-13(2)11-14(16)3/h5-8,10-12,17,19H,4,9H2,1-3H3. The van der Waals surface area contributed by atoms with Crippen molar-refractivity contribution in [3.05, 3.63) is 65.0 Å². The number of pyridine rings is 1. The van der Waals surface area contributed by atoms with E-state index in [1.807, 2.05) is 18.5 Å². The lowest BCUT2D eigenvalue weighted by molar-refractivity contribution is 0.594. The summed E-state index contributed by atoms with van der Waals surface area (Å²) in [5.74, 6) is 0. The van der Waals surface area contributed by atoms with Gasteiger partial charge in [0.1, 0.15) is 0 Å². The molecule has 1 unspecified atom stereocenters. The van der Waals surface area contributed by atoms with Crippen LogP contribution < -0.4 is 5.32 Å². The van der Waals surface area contributed by atoms with Crippen LogP contribution in [-0.2, 0) is 0 Å². The molecular weight excluding hydrogens is 232 g/mol. The predicted molar refractivity (Wildman–Crippen MR) is 80.3 cm³/mol. The van der Waals surface area contributed by atoms with Gasteiger partial charge in [0.25, 0.3) is 0 Å². The van der Waals surface area contributed by atoms with Gasteiger partial charge in [-0.1, -0.05) is 36.8 Å². The first-order valence-electron chi connectivity index (χ1n) is 6.93. The van der Waals surface area contributed by atoms with Gasteiger partial charge in [0.15, 0.2) is 0 Å². The highest BCUT2D eigenvalue weighted by molar-refractivity contribution is 5.38. The number of rotatable bonds is 5. The maximum Gasteiger partial charge on any atom is 0.0594 e. The second kappa shape index (κ2) is 6.48. The minimum atomic E-state index is 0.231. The first kappa shape index (κ1) is 13.8. The molecule has 0 amide bonds. The first-order chi connectivity index (χ1) is 9.22. The molecule has 0 fully saturated rings. The van der Waals surface area contributed by atoms with E-state index in [1.165, 1.54) is 22.3 Å². The summed E-state index contributed by atoms with van der Waals surface area (Å²) in [5.41, 5.74) is 5.20. The van der Waals surface area contributed by atoms with E-state index >= 15 is 0 Å². The van der Waals surface area contributed by atoms with Crippen molar-refractivity contribution in [2.45, 2.75) is 33.2 Å². The van der Waals surface area contributed by atoms with Crippen LogP contribution >= 0.6 is 0 Å². The number of nitrogens with one attached hydrogen (secondary N) is 1. The van der Waals surface area contributed by atoms with Gasteiger partial charge < -0.3 is 5.32 Å². The van der Waals surface area contributed by atoms with E-state index < -0.39 is 0 Å². The zero-order valence-corrected chi connectivity index (χ0v) is 12.0. The molecule has 2 nitrogen and oxygen atoms in total. The molecule has 2 heteroatoms. The monoisotopic (exact) mass is 254 g/mol. The van der Waals surface area contributed by atoms with Gasteiger partial charge in [-0.15, -0.1) is 0 Å². The SMILES string of the molecule is CCCNC(c1cccnc1)c1ccc(C)cc1C. The second-order valence-corrected chi connectivity index (χ2v) is 5.03. The summed E-state index contributed by atoms with van der Waals surface area (Å²) in [6.07, 6.45) is 4.90. The lowest BCUT2D eigenvalue weighted by Crippen LogP contribution is -2.24. The van der Waals surface area contributed by atoms with Crippen LogP contribution in [0.2, 0.25) is 0 Å². The summed E-state index contributed by atoms with van der Waals surface area (Å²) in [4.78, 5) is 4.25. The number of hydrogen-bond donors (Lipinski definition) is 1. The quantitative estimate of drug-likeness (QED) is 0.878. The van der Waals surface area contributed by atoms with Gasteiger partial charge in [0.2, 0.25) is 0 Å². The molecule has 19 heavy (non-hydrogen) atoms. The van der Waals surface area contributed by atoms with E-state index in [2.05, 4.69) is 55.3 Å². The van der Waals surface area contributed by atoms with Gasteiger partial charge in [-0.3, -0.25) is 4.98 Å². The van der Waals surface area contributed by atoms with Crippen LogP contribution in [0, 0.1) is 13.8 Å². The normalized spacial score (nSPS) is 12.4. The average molecular weight is 254 g/mol. The third kappa shape index (κ3) is 3.42. The van der Waals surface area contributed by atoms with E-state index in [4.69, 9.17) is 0 Å². The smallest absolute Gasteiger partial charge is 0.0594 e. The van der Waals surface area contributed by atoms with Crippen LogP contribution in [0.15, 0.2) is 42.7 Å². The van der Waals surface area contributed by atoms with Crippen molar-refractivity contribution in [2.24, 2.45) is 0 Å². The Morgan fingerprint density at radius 1 is 1.21 bits per heavy atom. The summed E-state index contributed by atoms with van der Waals surface area (Å²) in [7, 11) is 0. The third-order valence-corrected chi connectivity index (χ3v) is 3.35. The second-order valence-electron chi connectivity index (χ2n) is 5.03. The number of hydrogen-bond acceptors (Lipinski definition) is 2. The molecule has 0 aliphatic carbocycles. The van der Waals surface area contributed by atoms with E-state index in [1.54, 1.807) is 0 Å². The number of aryl methyl sites for hydroxylation is 2. The van der Waals surface area contributed by atoms with Crippen LogP contribution in [0.3, 0.4) is 0 Å². The van der Waals surface area contributed by atoms with E-state index in [9.17, 15) is 0 Å². The van der Waals surface area contributed by atoms with Gasteiger partial charge in [0, 0.05) is 12.4 Å². The molecule has 1 N–H and O–H groups in total. The Balaban J connectivity index is 2.37. The van der Waals surface area contributed by atoms with E-state index in [-0.39, 0.29) is 6.04 Å². The summed E-state index contributed by atoms with van der Waals surface area (Å²) in [6, 6.07) is 11.0. The number of benzene rings is 1. The molecule has 1 atom stereocenters. The summed E-state index contributed by atoms with van der Waals surface area (Å²) in [6.45, 7) is 7.51. The lowest BCUT2D eigenvalue weighted by atomic mass is 9.94. The van der Waals surface area contributed by atoms with Crippen molar-refractivity contribution < 1.29 is 0 Å². The molecule has 1 aromatic carbocycles.